The van der Waals surface area contributed by atoms with E-state index < -0.39 is 6.10 Å². The summed E-state index contributed by atoms with van der Waals surface area (Å²) in [6, 6.07) is 5.10. The van der Waals surface area contributed by atoms with Gasteiger partial charge in [0.05, 0.1) is 16.8 Å². The van der Waals surface area contributed by atoms with E-state index in [1.54, 1.807) is 18.2 Å². The third-order valence-corrected chi connectivity index (χ3v) is 2.29. The average molecular weight is 235 g/mol. The summed E-state index contributed by atoms with van der Waals surface area (Å²) >= 11 is 11.7. The summed E-state index contributed by atoms with van der Waals surface area (Å²) in [6.07, 6.45) is -0.579. The normalized spacial score (nSPS) is 12.6. The van der Waals surface area contributed by atoms with Gasteiger partial charge in [-0.3, -0.25) is 0 Å². The first-order chi connectivity index (χ1) is 6.63. The summed E-state index contributed by atoms with van der Waals surface area (Å²) in [7, 11) is 0. The molecule has 0 heterocycles. The number of hydrogen-bond donors (Lipinski definition) is 3. The Balaban J connectivity index is 2.62. The molecule has 3 nitrogen and oxygen atoms in total. The molecule has 0 aromatic heterocycles. The first-order valence-corrected chi connectivity index (χ1v) is 4.96. The van der Waals surface area contributed by atoms with E-state index in [4.69, 9.17) is 28.9 Å². The molecule has 1 aromatic rings. The van der Waals surface area contributed by atoms with Crippen LogP contribution in [0.3, 0.4) is 0 Å². The second kappa shape index (κ2) is 5.41. The Morgan fingerprint density at radius 2 is 2.14 bits per heavy atom. The van der Waals surface area contributed by atoms with Gasteiger partial charge in [-0.05, 0) is 18.2 Å². The largest absolute Gasteiger partial charge is 0.390 e. The molecule has 0 aliphatic carbocycles. The van der Waals surface area contributed by atoms with Gasteiger partial charge >= 0.3 is 0 Å². The highest BCUT2D eigenvalue weighted by molar-refractivity contribution is 6.35. The standard InChI is InChI=1S/C9H12Cl2N2O/c10-6-1-2-8(11)9(3-6)13-5-7(14)4-12/h1-3,7,13-14H,4-5,12H2/t7-/m1/s1. The maximum Gasteiger partial charge on any atom is 0.0834 e. The van der Waals surface area contributed by atoms with Gasteiger partial charge in [0.2, 0.25) is 0 Å². The summed E-state index contributed by atoms with van der Waals surface area (Å²) in [4.78, 5) is 0. The molecule has 0 fully saturated rings. The van der Waals surface area contributed by atoms with Crippen molar-refractivity contribution in [3.05, 3.63) is 28.2 Å². The Labute approximate surface area is 92.8 Å². The van der Waals surface area contributed by atoms with Crippen LogP contribution in [0.25, 0.3) is 0 Å². The van der Waals surface area contributed by atoms with Gasteiger partial charge in [0.15, 0.2) is 0 Å². The van der Waals surface area contributed by atoms with Crippen molar-refractivity contribution in [3.63, 3.8) is 0 Å². The molecule has 5 heteroatoms. The van der Waals surface area contributed by atoms with Crippen LogP contribution in [0, 0.1) is 0 Å². The third-order valence-electron chi connectivity index (χ3n) is 1.73. The summed E-state index contributed by atoms with van der Waals surface area (Å²) in [5, 5.41) is 13.3. The smallest absolute Gasteiger partial charge is 0.0834 e. The minimum absolute atomic E-state index is 0.213. The molecule has 14 heavy (non-hydrogen) atoms. The SMILES string of the molecule is NC[C@@H](O)CNc1cc(Cl)ccc1Cl. The Morgan fingerprint density at radius 1 is 1.43 bits per heavy atom. The van der Waals surface area contributed by atoms with Gasteiger partial charge in [-0.1, -0.05) is 23.2 Å². The molecular weight excluding hydrogens is 223 g/mol. The first-order valence-electron chi connectivity index (χ1n) is 4.20. The zero-order chi connectivity index (χ0) is 10.6. The van der Waals surface area contributed by atoms with Crippen LogP contribution in [-0.4, -0.2) is 24.3 Å². The van der Waals surface area contributed by atoms with Crippen LogP contribution in [-0.2, 0) is 0 Å². The first kappa shape index (κ1) is 11.6. The van der Waals surface area contributed by atoms with Crippen molar-refractivity contribution in [2.24, 2.45) is 5.73 Å². The summed E-state index contributed by atoms with van der Waals surface area (Å²) in [5.41, 5.74) is 5.96. The van der Waals surface area contributed by atoms with E-state index >= 15 is 0 Å². The van der Waals surface area contributed by atoms with Crippen LogP contribution in [0.15, 0.2) is 18.2 Å². The maximum atomic E-state index is 9.22. The number of halogens is 2. The zero-order valence-corrected chi connectivity index (χ0v) is 9.02. The second-order valence-corrected chi connectivity index (χ2v) is 3.74. The van der Waals surface area contributed by atoms with E-state index in [0.717, 1.165) is 0 Å². The Morgan fingerprint density at radius 3 is 2.79 bits per heavy atom. The number of aliphatic hydroxyl groups is 1. The molecule has 0 saturated carbocycles. The molecule has 0 aliphatic heterocycles. The summed E-state index contributed by atoms with van der Waals surface area (Å²) in [6.45, 7) is 0.571. The Bertz CT molecular complexity index is 307. The fourth-order valence-corrected chi connectivity index (χ4v) is 1.30. The number of rotatable bonds is 4. The number of nitrogens with two attached hydrogens (primary N) is 1. The number of nitrogens with one attached hydrogen (secondary N) is 1. The molecule has 0 unspecified atom stereocenters. The number of benzene rings is 1. The van der Waals surface area contributed by atoms with Crippen LogP contribution >= 0.6 is 23.2 Å². The summed E-state index contributed by atoms with van der Waals surface area (Å²) < 4.78 is 0. The lowest BCUT2D eigenvalue weighted by Crippen LogP contribution is -2.27. The lowest BCUT2D eigenvalue weighted by Gasteiger charge is -2.11. The van der Waals surface area contributed by atoms with E-state index in [-0.39, 0.29) is 6.54 Å². The van der Waals surface area contributed by atoms with Crippen molar-refractivity contribution < 1.29 is 5.11 Å². The van der Waals surface area contributed by atoms with Gasteiger partial charge in [-0.25, -0.2) is 0 Å². The fourth-order valence-electron chi connectivity index (χ4n) is 0.944. The fraction of sp³-hybridized carbons (Fsp3) is 0.333. The molecule has 0 radical (unpaired) electrons. The highest BCUT2D eigenvalue weighted by Gasteiger charge is 2.03. The van der Waals surface area contributed by atoms with Crippen LogP contribution in [0.1, 0.15) is 0 Å². The molecular formula is C9H12Cl2N2O. The summed E-state index contributed by atoms with van der Waals surface area (Å²) in [5.74, 6) is 0. The number of anilines is 1. The molecule has 4 N–H and O–H groups in total. The second-order valence-electron chi connectivity index (χ2n) is 2.89. The molecule has 0 bridgehead atoms. The number of hydrogen-bond acceptors (Lipinski definition) is 3. The van der Waals surface area contributed by atoms with Crippen LogP contribution < -0.4 is 11.1 Å². The van der Waals surface area contributed by atoms with E-state index in [1.807, 2.05) is 0 Å². The molecule has 1 aromatic carbocycles. The van der Waals surface area contributed by atoms with Crippen molar-refractivity contribution in [3.8, 4) is 0 Å². The third kappa shape index (κ3) is 3.35. The van der Waals surface area contributed by atoms with Gasteiger partial charge in [0.1, 0.15) is 0 Å². The lowest BCUT2D eigenvalue weighted by atomic mass is 10.3. The van der Waals surface area contributed by atoms with Crippen LogP contribution in [0.5, 0.6) is 0 Å². The minimum Gasteiger partial charge on any atom is -0.390 e. The van der Waals surface area contributed by atoms with E-state index in [2.05, 4.69) is 5.32 Å². The van der Waals surface area contributed by atoms with E-state index in [1.165, 1.54) is 0 Å². The van der Waals surface area contributed by atoms with Gasteiger partial charge < -0.3 is 16.2 Å². The molecule has 1 atom stereocenters. The van der Waals surface area contributed by atoms with Gasteiger partial charge in [-0.2, -0.15) is 0 Å². The Kier molecular flexibility index (Phi) is 4.48. The highest BCUT2D eigenvalue weighted by atomic mass is 35.5. The monoisotopic (exact) mass is 234 g/mol. The molecule has 78 valence electrons. The topological polar surface area (TPSA) is 58.3 Å². The maximum absolute atomic E-state index is 9.22. The van der Waals surface area contributed by atoms with Crippen molar-refractivity contribution in [1.29, 1.82) is 0 Å². The molecule has 0 aliphatic rings. The molecule has 0 spiro atoms. The van der Waals surface area contributed by atoms with E-state index in [9.17, 15) is 5.11 Å². The van der Waals surface area contributed by atoms with Gasteiger partial charge in [0, 0.05) is 18.1 Å². The molecule has 0 saturated heterocycles. The average Bonchev–Trinajstić information content (AvgIpc) is 2.19. The van der Waals surface area contributed by atoms with Gasteiger partial charge in [0.25, 0.3) is 0 Å². The predicted molar refractivity (Wildman–Crippen MR) is 60.0 cm³/mol. The van der Waals surface area contributed by atoms with Crippen molar-refractivity contribution >= 4 is 28.9 Å². The molecule has 0 amide bonds. The van der Waals surface area contributed by atoms with Crippen molar-refractivity contribution in [2.75, 3.05) is 18.4 Å². The zero-order valence-electron chi connectivity index (χ0n) is 7.50. The van der Waals surface area contributed by atoms with Gasteiger partial charge in [-0.15, -0.1) is 0 Å². The highest BCUT2D eigenvalue weighted by Crippen LogP contribution is 2.25. The number of aliphatic hydroxyl groups excluding tert-OH is 1. The van der Waals surface area contributed by atoms with Crippen LogP contribution in [0.4, 0.5) is 5.69 Å². The van der Waals surface area contributed by atoms with Crippen molar-refractivity contribution in [1.82, 2.24) is 0 Å². The quantitative estimate of drug-likeness (QED) is 0.744. The lowest BCUT2D eigenvalue weighted by molar-refractivity contribution is 0.196. The van der Waals surface area contributed by atoms with Crippen molar-refractivity contribution in [2.45, 2.75) is 6.10 Å². The molecule has 1 rings (SSSR count). The van der Waals surface area contributed by atoms with Crippen LogP contribution in [0.2, 0.25) is 10.0 Å². The Hall–Kier alpha value is -0.480. The predicted octanol–water partition coefficient (Wildman–Crippen LogP) is 1.72. The van der Waals surface area contributed by atoms with E-state index in [0.29, 0.717) is 22.3 Å². The minimum atomic E-state index is -0.579.